The van der Waals surface area contributed by atoms with Crippen molar-refractivity contribution >= 4 is 85.0 Å². The second-order valence-corrected chi connectivity index (χ2v) is 13.5. The van der Waals surface area contributed by atoms with Crippen molar-refractivity contribution in [3.8, 4) is 28.3 Å². The van der Waals surface area contributed by atoms with Crippen LogP contribution in [-0.2, 0) is 0 Å². The van der Waals surface area contributed by atoms with Gasteiger partial charge in [0.05, 0.1) is 31.6 Å². The Morgan fingerprint density at radius 2 is 1.13 bits per heavy atom. The summed E-state index contributed by atoms with van der Waals surface area (Å²) >= 11 is 3.65. The molecule has 0 radical (unpaired) electrons. The standard InChI is InChI=1S/C40H23N3S2/c1-2-11-24(12-3-1)40-41-35(39-36(42-40)31-17-6-9-20-34(31)45-39)25-13-10-14-26(23-25)43-32-18-7-4-15-27(32)29-21-22-30-28-16-5-8-19-33(28)44-38(30)37(29)43/h1-23H. The maximum atomic E-state index is 5.25. The Balaban J connectivity index is 1.28. The molecule has 4 aromatic heterocycles. The second-order valence-electron chi connectivity index (χ2n) is 11.4. The third-order valence-corrected chi connectivity index (χ3v) is 11.2. The van der Waals surface area contributed by atoms with Gasteiger partial charge in [-0.05, 0) is 30.3 Å². The van der Waals surface area contributed by atoms with E-state index in [1.165, 1.54) is 52.1 Å². The first kappa shape index (κ1) is 25.0. The molecule has 0 aliphatic rings. The van der Waals surface area contributed by atoms with Crippen LogP contribution in [-0.4, -0.2) is 14.5 Å². The van der Waals surface area contributed by atoms with E-state index in [0.717, 1.165) is 38.5 Å². The zero-order chi connectivity index (χ0) is 29.5. The molecule has 45 heavy (non-hydrogen) atoms. The molecule has 0 unspecified atom stereocenters. The van der Waals surface area contributed by atoms with Gasteiger partial charge in [-0.15, -0.1) is 22.7 Å². The van der Waals surface area contributed by atoms with E-state index < -0.39 is 0 Å². The predicted octanol–water partition coefficient (Wildman–Crippen LogP) is 11.6. The van der Waals surface area contributed by atoms with Gasteiger partial charge >= 0.3 is 0 Å². The van der Waals surface area contributed by atoms with Crippen LogP contribution in [0.2, 0.25) is 0 Å². The molecule has 5 heteroatoms. The zero-order valence-corrected chi connectivity index (χ0v) is 25.6. The fourth-order valence-corrected chi connectivity index (χ4v) is 9.19. The fourth-order valence-electron chi connectivity index (χ4n) is 6.79. The van der Waals surface area contributed by atoms with Gasteiger partial charge in [0.25, 0.3) is 0 Å². The molecule has 0 aliphatic heterocycles. The molecule has 0 saturated carbocycles. The van der Waals surface area contributed by atoms with Gasteiger partial charge < -0.3 is 4.57 Å². The summed E-state index contributed by atoms with van der Waals surface area (Å²) in [5.74, 6) is 0.746. The maximum absolute atomic E-state index is 5.25. The van der Waals surface area contributed by atoms with E-state index in [4.69, 9.17) is 9.97 Å². The Morgan fingerprint density at radius 1 is 0.467 bits per heavy atom. The molecule has 0 atom stereocenters. The molecule has 6 aromatic carbocycles. The van der Waals surface area contributed by atoms with Crippen molar-refractivity contribution in [3.05, 3.63) is 140 Å². The molecule has 0 bridgehead atoms. The summed E-state index contributed by atoms with van der Waals surface area (Å²) in [6, 6.07) is 49.8. The van der Waals surface area contributed by atoms with Crippen LogP contribution in [0.25, 0.3) is 90.6 Å². The number of aromatic nitrogens is 3. The number of benzene rings is 6. The van der Waals surface area contributed by atoms with E-state index in [9.17, 15) is 0 Å². The molecule has 10 rings (SSSR count). The van der Waals surface area contributed by atoms with Crippen molar-refractivity contribution in [1.82, 2.24) is 14.5 Å². The van der Waals surface area contributed by atoms with Crippen molar-refractivity contribution in [2.75, 3.05) is 0 Å². The Bertz CT molecular complexity index is 2770. The monoisotopic (exact) mass is 609 g/mol. The average Bonchev–Trinajstić information content (AvgIpc) is 3.78. The van der Waals surface area contributed by atoms with E-state index in [1.807, 2.05) is 29.5 Å². The summed E-state index contributed by atoms with van der Waals surface area (Å²) in [7, 11) is 0. The van der Waals surface area contributed by atoms with Crippen LogP contribution < -0.4 is 0 Å². The van der Waals surface area contributed by atoms with E-state index >= 15 is 0 Å². The minimum atomic E-state index is 0.746. The van der Waals surface area contributed by atoms with E-state index in [-0.39, 0.29) is 0 Å². The van der Waals surface area contributed by atoms with Crippen molar-refractivity contribution in [1.29, 1.82) is 0 Å². The number of thiophene rings is 2. The van der Waals surface area contributed by atoms with Crippen LogP contribution in [0.3, 0.4) is 0 Å². The number of nitrogens with zero attached hydrogens (tertiary/aromatic N) is 3. The quantitative estimate of drug-likeness (QED) is 0.199. The predicted molar refractivity (Wildman–Crippen MR) is 193 cm³/mol. The summed E-state index contributed by atoms with van der Waals surface area (Å²) in [5.41, 5.74) is 7.65. The number of hydrogen-bond donors (Lipinski definition) is 0. The molecule has 4 heterocycles. The third-order valence-electron chi connectivity index (χ3n) is 8.81. The topological polar surface area (TPSA) is 30.7 Å². The Labute approximate surface area is 266 Å². The summed E-state index contributed by atoms with van der Waals surface area (Å²) in [5, 5.41) is 6.32. The second kappa shape index (κ2) is 9.57. The first-order valence-corrected chi connectivity index (χ1v) is 16.6. The lowest BCUT2D eigenvalue weighted by atomic mass is 10.1. The Kier molecular flexibility index (Phi) is 5.32. The molecule has 210 valence electrons. The van der Waals surface area contributed by atoms with Gasteiger partial charge in [0.2, 0.25) is 0 Å². The molecule has 10 aromatic rings. The lowest BCUT2D eigenvalue weighted by Crippen LogP contribution is -1.96. The minimum absolute atomic E-state index is 0.746. The fraction of sp³-hybridized carbons (Fsp3) is 0. The molecule has 0 N–H and O–H groups in total. The van der Waals surface area contributed by atoms with Crippen molar-refractivity contribution in [3.63, 3.8) is 0 Å². The van der Waals surface area contributed by atoms with Crippen molar-refractivity contribution in [2.45, 2.75) is 0 Å². The smallest absolute Gasteiger partial charge is 0.160 e. The van der Waals surface area contributed by atoms with Crippen LogP contribution in [0.1, 0.15) is 0 Å². The Hall–Kier alpha value is -5.36. The molecule has 3 nitrogen and oxygen atoms in total. The summed E-state index contributed by atoms with van der Waals surface area (Å²) in [4.78, 5) is 10.4. The summed E-state index contributed by atoms with van der Waals surface area (Å²) in [6.07, 6.45) is 0. The van der Waals surface area contributed by atoms with Gasteiger partial charge in [0.15, 0.2) is 5.82 Å². The maximum Gasteiger partial charge on any atom is 0.160 e. The van der Waals surface area contributed by atoms with Crippen LogP contribution in [0.4, 0.5) is 0 Å². The molecule has 0 saturated heterocycles. The number of rotatable bonds is 3. The summed E-state index contributed by atoms with van der Waals surface area (Å²) in [6.45, 7) is 0. The van der Waals surface area contributed by atoms with Gasteiger partial charge in [-0.25, -0.2) is 9.97 Å². The number of para-hydroxylation sites is 1. The van der Waals surface area contributed by atoms with E-state index in [0.29, 0.717) is 0 Å². The average molecular weight is 610 g/mol. The molecule has 0 spiro atoms. The zero-order valence-electron chi connectivity index (χ0n) is 23.9. The largest absolute Gasteiger partial charge is 0.308 e. The van der Waals surface area contributed by atoms with Gasteiger partial charge in [-0.2, -0.15) is 0 Å². The van der Waals surface area contributed by atoms with E-state index in [1.54, 1.807) is 11.3 Å². The van der Waals surface area contributed by atoms with Gasteiger partial charge in [-0.3, -0.25) is 0 Å². The van der Waals surface area contributed by atoms with Crippen molar-refractivity contribution < 1.29 is 0 Å². The number of fused-ring (bicyclic) bond motifs is 10. The third kappa shape index (κ3) is 3.69. The SMILES string of the molecule is c1ccc(-c2nc(-c3cccc(-n4c5ccccc5c5ccc6c7ccccc7sc6c54)c3)c3sc4ccccc4c3n2)cc1. The lowest BCUT2D eigenvalue weighted by molar-refractivity contribution is 1.18. The highest BCUT2D eigenvalue weighted by Gasteiger charge is 2.20. The van der Waals surface area contributed by atoms with Crippen LogP contribution >= 0.6 is 22.7 Å². The normalized spacial score (nSPS) is 12.0. The highest BCUT2D eigenvalue weighted by atomic mass is 32.1. The molecular formula is C40H23N3S2. The van der Waals surface area contributed by atoms with Crippen LogP contribution in [0.5, 0.6) is 0 Å². The first-order chi connectivity index (χ1) is 22.3. The minimum Gasteiger partial charge on any atom is -0.308 e. The molecule has 0 aliphatic carbocycles. The summed E-state index contributed by atoms with van der Waals surface area (Å²) < 4.78 is 7.41. The lowest BCUT2D eigenvalue weighted by Gasteiger charge is -2.12. The molecule has 0 amide bonds. The highest BCUT2D eigenvalue weighted by molar-refractivity contribution is 7.27. The van der Waals surface area contributed by atoms with Crippen molar-refractivity contribution in [2.24, 2.45) is 0 Å². The van der Waals surface area contributed by atoms with Gasteiger partial charge in [-0.1, -0.05) is 109 Å². The van der Waals surface area contributed by atoms with Crippen LogP contribution in [0.15, 0.2) is 140 Å². The molecular weight excluding hydrogens is 587 g/mol. The Morgan fingerprint density at radius 3 is 2.00 bits per heavy atom. The van der Waals surface area contributed by atoms with Crippen LogP contribution in [0, 0.1) is 0 Å². The van der Waals surface area contributed by atoms with Gasteiger partial charge in [0, 0.05) is 53.1 Å². The first-order valence-electron chi connectivity index (χ1n) is 15.0. The van der Waals surface area contributed by atoms with E-state index in [2.05, 4.69) is 126 Å². The van der Waals surface area contributed by atoms with Gasteiger partial charge in [0.1, 0.15) is 0 Å². The highest BCUT2D eigenvalue weighted by Crippen LogP contribution is 2.44. The number of hydrogen-bond acceptors (Lipinski definition) is 4. The molecule has 0 fully saturated rings.